The monoisotopic (exact) mass is 403 g/mol. The zero-order chi connectivity index (χ0) is 20.2. The smallest absolute Gasteiger partial charge is 0.363 e. The third-order valence-corrected chi connectivity index (χ3v) is 4.87. The molecule has 1 aliphatic rings. The number of aliphatic imine (C=N–C) groups is 1. The van der Waals surface area contributed by atoms with Gasteiger partial charge in [0.05, 0.1) is 10.6 Å². The third kappa shape index (κ3) is 4.39. The van der Waals surface area contributed by atoms with Gasteiger partial charge in [-0.2, -0.15) is 0 Å². The standard InChI is InChI=1S/C24H18ClNO3/c1-16-7-2-3-9-18(16)15-28-19-10-6-8-17(13-19)14-22-24(27)29-23(26-22)20-11-4-5-12-21(20)25/h2-14H,15H2,1H3/b22-14-. The van der Waals surface area contributed by atoms with Crippen molar-refractivity contribution in [3.8, 4) is 5.75 Å². The Balaban J connectivity index is 1.54. The van der Waals surface area contributed by atoms with Crippen LogP contribution in [0.25, 0.3) is 6.08 Å². The minimum atomic E-state index is -0.508. The molecule has 0 N–H and O–H groups in total. The average Bonchev–Trinajstić information content (AvgIpc) is 3.08. The molecule has 0 amide bonds. The molecule has 144 valence electrons. The highest BCUT2D eigenvalue weighted by Crippen LogP contribution is 2.24. The molecule has 0 atom stereocenters. The normalized spacial score (nSPS) is 14.6. The number of carbonyl (C=O) groups is 1. The average molecular weight is 404 g/mol. The van der Waals surface area contributed by atoms with Gasteiger partial charge >= 0.3 is 5.97 Å². The van der Waals surface area contributed by atoms with Crippen LogP contribution in [0.5, 0.6) is 5.75 Å². The summed E-state index contributed by atoms with van der Waals surface area (Å²) in [6.07, 6.45) is 1.67. The lowest BCUT2D eigenvalue weighted by Gasteiger charge is -2.09. The van der Waals surface area contributed by atoms with Gasteiger partial charge in [-0.15, -0.1) is 0 Å². The summed E-state index contributed by atoms with van der Waals surface area (Å²) in [6.45, 7) is 2.53. The molecule has 0 radical (unpaired) electrons. The molecule has 0 unspecified atom stereocenters. The molecule has 0 aliphatic carbocycles. The molecule has 1 heterocycles. The summed E-state index contributed by atoms with van der Waals surface area (Å²) in [6, 6.07) is 22.7. The fraction of sp³-hybridized carbons (Fsp3) is 0.0833. The number of hydrogen-bond acceptors (Lipinski definition) is 4. The largest absolute Gasteiger partial charge is 0.489 e. The predicted octanol–water partition coefficient (Wildman–Crippen LogP) is 5.57. The fourth-order valence-corrected chi connectivity index (χ4v) is 3.16. The van der Waals surface area contributed by atoms with Crippen LogP contribution in [0.2, 0.25) is 5.02 Å². The van der Waals surface area contributed by atoms with Gasteiger partial charge < -0.3 is 9.47 Å². The number of aryl methyl sites for hydroxylation is 1. The van der Waals surface area contributed by atoms with Crippen LogP contribution >= 0.6 is 11.6 Å². The van der Waals surface area contributed by atoms with E-state index in [1.165, 1.54) is 5.56 Å². The number of rotatable bonds is 5. The molecule has 1 aliphatic heterocycles. The topological polar surface area (TPSA) is 47.9 Å². The van der Waals surface area contributed by atoms with Crippen molar-refractivity contribution in [2.45, 2.75) is 13.5 Å². The molecule has 4 rings (SSSR count). The van der Waals surface area contributed by atoms with E-state index >= 15 is 0 Å². The summed E-state index contributed by atoms with van der Waals surface area (Å²) in [5, 5.41) is 0.479. The molecular formula is C24H18ClNO3. The van der Waals surface area contributed by atoms with E-state index < -0.39 is 5.97 Å². The first-order chi connectivity index (χ1) is 14.1. The summed E-state index contributed by atoms with van der Waals surface area (Å²) in [5.74, 6) is 0.411. The van der Waals surface area contributed by atoms with Crippen LogP contribution in [0, 0.1) is 6.92 Å². The van der Waals surface area contributed by atoms with Crippen LogP contribution in [0.4, 0.5) is 0 Å². The molecule has 0 saturated heterocycles. The maximum Gasteiger partial charge on any atom is 0.363 e. The van der Waals surface area contributed by atoms with Crippen LogP contribution in [-0.4, -0.2) is 11.9 Å². The van der Waals surface area contributed by atoms with Crippen LogP contribution in [-0.2, 0) is 16.1 Å². The number of hydrogen-bond donors (Lipinski definition) is 0. The van der Waals surface area contributed by atoms with Gasteiger partial charge in [0.15, 0.2) is 5.70 Å². The highest BCUT2D eigenvalue weighted by Gasteiger charge is 2.25. The summed E-state index contributed by atoms with van der Waals surface area (Å²) in [7, 11) is 0. The van der Waals surface area contributed by atoms with E-state index in [4.69, 9.17) is 21.1 Å². The minimum absolute atomic E-state index is 0.207. The zero-order valence-electron chi connectivity index (χ0n) is 15.8. The highest BCUT2D eigenvalue weighted by atomic mass is 35.5. The van der Waals surface area contributed by atoms with Gasteiger partial charge in [-0.1, -0.05) is 60.1 Å². The van der Waals surface area contributed by atoms with Gasteiger partial charge in [0.25, 0.3) is 0 Å². The van der Waals surface area contributed by atoms with Gasteiger partial charge in [-0.05, 0) is 54.0 Å². The van der Waals surface area contributed by atoms with Crippen LogP contribution in [0.3, 0.4) is 0 Å². The number of esters is 1. The van der Waals surface area contributed by atoms with Crippen molar-refractivity contribution in [2.75, 3.05) is 0 Å². The van der Waals surface area contributed by atoms with E-state index in [0.717, 1.165) is 11.1 Å². The Kier molecular flexibility index (Phi) is 5.45. The number of halogens is 1. The second kappa shape index (κ2) is 8.33. The molecule has 0 spiro atoms. The van der Waals surface area contributed by atoms with E-state index in [9.17, 15) is 4.79 Å². The van der Waals surface area contributed by atoms with E-state index in [1.54, 1.807) is 18.2 Å². The number of benzene rings is 3. The lowest BCUT2D eigenvalue weighted by Crippen LogP contribution is -2.05. The molecule has 0 saturated carbocycles. The molecular weight excluding hydrogens is 386 g/mol. The molecule has 0 fully saturated rings. The lowest BCUT2D eigenvalue weighted by molar-refractivity contribution is -0.129. The Morgan fingerprint density at radius 1 is 1.03 bits per heavy atom. The van der Waals surface area contributed by atoms with Gasteiger partial charge in [0, 0.05) is 0 Å². The Bertz CT molecular complexity index is 1130. The number of nitrogens with zero attached hydrogens (tertiary/aromatic N) is 1. The highest BCUT2D eigenvalue weighted by molar-refractivity contribution is 6.34. The van der Waals surface area contributed by atoms with Gasteiger partial charge in [-0.25, -0.2) is 9.79 Å². The minimum Gasteiger partial charge on any atom is -0.489 e. The lowest BCUT2D eigenvalue weighted by atomic mass is 10.1. The summed E-state index contributed by atoms with van der Waals surface area (Å²) in [5.41, 5.74) is 3.91. The molecule has 0 bridgehead atoms. The van der Waals surface area contributed by atoms with E-state index in [-0.39, 0.29) is 11.6 Å². The Morgan fingerprint density at radius 2 is 1.83 bits per heavy atom. The predicted molar refractivity (Wildman–Crippen MR) is 114 cm³/mol. The summed E-state index contributed by atoms with van der Waals surface area (Å²) in [4.78, 5) is 16.5. The molecule has 29 heavy (non-hydrogen) atoms. The first-order valence-corrected chi connectivity index (χ1v) is 9.53. The van der Waals surface area contributed by atoms with Crippen LogP contribution in [0.15, 0.2) is 83.5 Å². The molecule has 4 nitrogen and oxygen atoms in total. The van der Waals surface area contributed by atoms with Crippen molar-refractivity contribution in [2.24, 2.45) is 4.99 Å². The molecule has 3 aromatic carbocycles. The number of carbonyl (C=O) groups excluding carboxylic acids is 1. The van der Waals surface area contributed by atoms with Gasteiger partial charge in [0.1, 0.15) is 12.4 Å². The maximum absolute atomic E-state index is 12.2. The van der Waals surface area contributed by atoms with Gasteiger partial charge in [-0.3, -0.25) is 0 Å². The van der Waals surface area contributed by atoms with Crippen molar-refractivity contribution in [1.82, 2.24) is 0 Å². The van der Waals surface area contributed by atoms with E-state index in [0.29, 0.717) is 22.9 Å². The Labute approximate surface area is 174 Å². The quantitative estimate of drug-likeness (QED) is 0.413. The second-order valence-corrected chi connectivity index (χ2v) is 7.01. The maximum atomic E-state index is 12.2. The van der Waals surface area contributed by atoms with Crippen molar-refractivity contribution in [1.29, 1.82) is 0 Å². The second-order valence-electron chi connectivity index (χ2n) is 6.60. The van der Waals surface area contributed by atoms with Crippen molar-refractivity contribution < 1.29 is 14.3 Å². The molecule has 0 aromatic heterocycles. The van der Waals surface area contributed by atoms with Gasteiger partial charge in [0.2, 0.25) is 5.90 Å². The SMILES string of the molecule is Cc1ccccc1COc1cccc(/C=C2\N=C(c3ccccc3Cl)OC2=O)c1. The van der Waals surface area contributed by atoms with Crippen molar-refractivity contribution in [3.05, 3.63) is 106 Å². The third-order valence-electron chi connectivity index (χ3n) is 4.54. The van der Waals surface area contributed by atoms with Crippen molar-refractivity contribution >= 4 is 29.5 Å². The number of cyclic esters (lactones) is 1. The van der Waals surface area contributed by atoms with Crippen LogP contribution in [0.1, 0.15) is 22.3 Å². The molecule has 3 aromatic rings. The Morgan fingerprint density at radius 3 is 2.66 bits per heavy atom. The first kappa shape index (κ1) is 19.0. The fourth-order valence-electron chi connectivity index (χ4n) is 2.94. The summed E-state index contributed by atoms with van der Waals surface area (Å²) < 4.78 is 11.2. The first-order valence-electron chi connectivity index (χ1n) is 9.15. The molecule has 5 heteroatoms. The Hall–Kier alpha value is -3.37. The number of ether oxygens (including phenoxy) is 2. The van der Waals surface area contributed by atoms with E-state index in [2.05, 4.69) is 18.0 Å². The zero-order valence-corrected chi connectivity index (χ0v) is 16.5. The van der Waals surface area contributed by atoms with Crippen LogP contribution < -0.4 is 4.74 Å². The van der Waals surface area contributed by atoms with E-state index in [1.807, 2.05) is 54.6 Å². The summed E-state index contributed by atoms with van der Waals surface area (Å²) >= 11 is 6.17. The van der Waals surface area contributed by atoms with Crippen molar-refractivity contribution in [3.63, 3.8) is 0 Å².